The van der Waals surface area contributed by atoms with Gasteiger partial charge in [0.2, 0.25) is 5.91 Å². The van der Waals surface area contributed by atoms with E-state index in [2.05, 4.69) is 22.2 Å². The van der Waals surface area contributed by atoms with Crippen LogP contribution in [0.1, 0.15) is 43.6 Å². The number of fused-ring (bicyclic) bond motifs is 3. The van der Waals surface area contributed by atoms with E-state index in [9.17, 15) is 9.59 Å². The van der Waals surface area contributed by atoms with Crippen LogP contribution < -0.4 is 10.9 Å². The monoisotopic (exact) mass is 363 g/mol. The summed E-state index contributed by atoms with van der Waals surface area (Å²) in [5, 5.41) is 4.03. The van der Waals surface area contributed by atoms with Gasteiger partial charge in [0.15, 0.2) is 5.16 Å². The minimum absolute atomic E-state index is 0.0181. The summed E-state index contributed by atoms with van der Waals surface area (Å²) in [6.45, 7) is 4.11. The highest BCUT2D eigenvalue weighted by Gasteiger charge is 2.27. The third-order valence-electron chi connectivity index (χ3n) is 4.73. The molecule has 5 nitrogen and oxygen atoms in total. The number of nitrogens with one attached hydrogen (secondary N) is 2. The average Bonchev–Trinajstić information content (AvgIpc) is 3.25. The van der Waals surface area contributed by atoms with Crippen molar-refractivity contribution in [2.75, 3.05) is 0 Å². The zero-order valence-corrected chi connectivity index (χ0v) is 15.5. The van der Waals surface area contributed by atoms with Crippen molar-refractivity contribution in [1.82, 2.24) is 15.3 Å². The molecule has 1 saturated carbocycles. The first-order valence-electron chi connectivity index (χ1n) is 8.53. The minimum Gasteiger partial charge on any atom is -0.352 e. The molecule has 2 N–H and O–H groups in total. The molecule has 0 unspecified atom stereocenters. The van der Waals surface area contributed by atoms with Gasteiger partial charge in [0.1, 0.15) is 4.83 Å². The van der Waals surface area contributed by atoms with Crippen molar-refractivity contribution in [3.8, 4) is 0 Å². The van der Waals surface area contributed by atoms with Gasteiger partial charge in [-0.3, -0.25) is 9.59 Å². The minimum atomic E-state index is -0.263. The van der Waals surface area contributed by atoms with E-state index < -0.39 is 0 Å². The van der Waals surface area contributed by atoms with Gasteiger partial charge in [-0.25, -0.2) is 4.98 Å². The zero-order valence-electron chi connectivity index (χ0n) is 13.8. The Labute approximate surface area is 148 Å². The Morgan fingerprint density at radius 1 is 1.42 bits per heavy atom. The fraction of sp³-hybridized carbons (Fsp3) is 0.588. The molecule has 2 aromatic rings. The molecule has 2 heterocycles. The van der Waals surface area contributed by atoms with E-state index in [1.807, 2.05) is 6.92 Å². The van der Waals surface area contributed by atoms with E-state index in [0.29, 0.717) is 17.1 Å². The molecular formula is C17H21N3O2S2. The summed E-state index contributed by atoms with van der Waals surface area (Å²) in [6.07, 6.45) is 5.28. The Bertz CT molecular complexity index is 853. The third-order valence-corrected chi connectivity index (χ3v) is 6.86. The molecule has 0 spiro atoms. The second-order valence-corrected chi connectivity index (χ2v) is 9.36. The topological polar surface area (TPSA) is 74.8 Å². The predicted octanol–water partition coefficient (Wildman–Crippen LogP) is 2.87. The maximum Gasteiger partial charge on any atom is 0.260 e. The molecule has 4 rings (SSSR count). The van der Waals surface area contributed by atoms with Gasteiger partial charge < -0.3 is 10.3 Å². The molecule has 2 aliphatic rings. The maximum absolute atomic E-state index is 12.6. The summed E-state index contributed by atoms with van der Waals surface area (Å²) in [5.41, 5.74) is 1.13. The van der Waals surface area contributed by atoms with Crippen LogP contribution in [0.5, 0.6) is 0 Å². The number of nitrogens with zero attached hydrogens (tertiary/aromatic N) is 1. The van der Waals surface area contributed by atoms with Crippen LogP contribution in [-0.4, -0.2) is 27.2 Å². The normalized spacial score (nSPS) is 21.5. The lowest BCUT2D eigenvalue weighted by atomic mass is 9.89. The van der Waals surface area contributed by atoms with Gasteiger partial charge in [0, 0.05) is 10.9 Å². The SMILES string of the molecule is C[C@@H]1CCc2c(sc3nc(S[C@@H](C)C(=O)NC4CC4)[nH]c(=O)c23)C1. The number of thioether (sulfide) groups is 1. The molecular weight excluding hydrogens is 342 g/mol. The molecule has 1 fully saturated rings. The van der Waals surface area contributed by atoms with Gasteiger partial charge in [0.05, 0.1) is 10.6 Å². The van der Waals surface area contributed by atoms with Crippen LogP contribution in [0.4, 0.5) is 0 Å². The molecule has 2 aliphatic carbocycles. The summed E-state index contributed by atoms with van der Waals surface area (Å²) in [5.74, 6) is 0.689. The standard InChI is InChI=1S/C17H21N3O2S2/c1-8-3-6-11-12(7-8)24-16-13(11)15(22)19-17(20-16)23-9(2)14(21)18-10-4-5-10/h8-10H,3-7H2,1-2H3,(H,18,21)(H,19,20,22)/t8-,9+/m1/s1. The number of aromatic amines is 1. The van der Waals surface area contributed by atoms with Crippen molar-refractivity contribution in [3.05, 3.63) is 20.8 Å². The molecule has 0 saturated heterocycles. The molecule has 0 bridgehead atoms. The van der Waals surface area contributed by atoms with E-state index in [-0.39, 0.29) is 16.7 Å². The molecule has 7 heteroatoms. The largest absolute Gasteiger partial charge is 0.352 e. The van der Waals surface area contributed by atoms with Gasteiger partial charge in [0.25, 0.3) is 5.56 Å². The summed E-state index contributed by atoms with van der Waals surface area (Å²) in [6, 6.07) is 0.348. The summed E-state index contributed by atoms with van der Waals surface area (Å²) in [7, 11) is 0. The second kappa shape index (κ2) is 6.19. The molecule has 128 valence electrons. The Morgan fingerprint density at radius 2 is 2.21 bits per heavy atom. The van der Waals surface area contributed by atoms with E-state index >= 15 is 0 Å². The molecule has 0 aromatic carbocycles. The Hall–Kier alpha value is -1.34. The lowest BCUT2D eigenvalue weighted by molar-refractivity contribution is -0.120. The fourth-order valence-electron chi connectivity index (χ4n) is 3.15. The predicted molar refractivity (Wildman–Crippen MR) is 97.9 cm³/mol. The van der Waals surface area contributed by atoms with Gasteiger partial charge in [-0.05, 0) is 50.5 Å². The number of carbonyl (C=O) groups excluding carboxylic acids is 1. The smallest absolute Gasteiger partial charge is 0.260 e. The highest BCUT2D eigenvalue weighted by Crippen LogP contribution is 2.36. The molecule has 2 aromatic heterocycles. The number of carbonyl (C=O) groups is 1. The van der Waals surface area contributed by atoms with Crippen LogP contribution in [0.25, 0.3) is 10.2 Å². The first kappa shape index (κ1) is 16.1. The van der Waals surface area contributed by atoms with Crippen molar-refractivity contribution >= 4 is 39.2 Å². The average molecular weight is 364 g/mol. The first-order chi connectivity index (χ1) is 11.5. The number of rotatable bonds is 4. The number of aromatic nitrogens is 2. The second-order valence-electron chi connectivity index (χ2n) is 6.95. The van der Waals surface area contributed by atoms with Crippen molar-refractivity contribution in [2.45, 2.75) is 62.4 Å². The number of hydrogen-bond donors (Lipinski definition) is 2. The highest BCUT2D eigenvalue weighted by molar-refractivity contribution is 8.00. The van der Waals surface area contributed by atoms with Gasteiger partial charge in [-0.1, -0.05) is 18.7 Å². The van der Waals surface area contributed by atoms with Crippen LogP contribution in [0.3, 0.4) is 0 Å². The van der Waals surface area contributed by atoms with Crippen LogP contribution in [0.2, 0.25) is 0 Å². The first-order valence-corrected chi connectivity index (χ1v) is 10.2. The highest BCUT2D eigenvalue weighted by atomic mass is 32.2. The van der Waals surface area contributed by atoms with E-state index in [1.54, 1.807) is 11.3 Å². The summed E-state index contributed by atoms with van der Waals surface area (Å²) < 4.78 is 0. The fourth-order valence-corrected chi connectivity index (χ4v) is 5.40. The van der Waals surface area contributed by atoms with Crippen molar-refractivity contribution in [2.24, 2.45) is 5.92 Å². The van der Waals surface area contributed by atoms with Gasteiger partial charge >= 0.3 is 0 Å². The number of amides is 1. The van der Waals surface area contributed by atoms with E-state index in [0.717, 1.165) is 42.3 Å². The quantitative estimate of drug-likeness (QED) is 0.647. The van der Waals surface area contributed by atoms with E-state index in [1.165, 1.54) is 22.2 Å². The molecule has 1 amide bonds. The molecule has 24 heavy (non-hydrogen) atoms. The van der Waals surface area contributed by atoms with Crippen LogP contribution in [0, 0.1) is 5.92 Å². The van der Waals surface area contributed by atoms with Crippen molar-refractivity contribution in [3.63, 3.8) is 0 Å². The van der Waals surface area contributed by atoms with Crippen molar-refractivity contribution in [1.29, 1.82) is 0 Å². The molecule has 2 atom stereocenters. The van der Waals surface area contributed by atoms with Crippen LogP contribution in [0.15, 0.2) is 9.95 Å². The molecule has 0 radical (unpaired) electrons. The number of thiophene rings is 1. The third kappa shape index (κ3) is 3.11. The number of H-pyrrole nitrogens is 1. The summed E-state index contributed by atoms with van der Waals surface area (Å²) >= 11 is 2.97. The number of hydrogen-bond acceptors (Lipinski definition) is 5. The van der Waals surface area contributed by atoms with Crippen LogP contribution >= 0.6 is 23.1 Å². The Balaban J connectivity index is 1.60. The Kier molecular flexibility index (Phi) is 4.16. The van der Waals surface area contributed by atoms with Crippen molar-refractivity contribution < 1.29 is 4.79 Å². The Morgan fingerprint density at radius 3 is 2.96 bits per heavy atom. The lowest BCUT2D eigenvalue weighted by Gasteiger charge is -2.17. The maximum atomic E-state index is 12.6. The molecule has 0 aliphatic heterocycles. The summed E-state index contributed by atoms with van der Waals surface area (Å²) in [4.78, 5) is 34.3. The van der Waals surface area contributed by atoms with Crippen LogP contribution in [-0.2, 0) is 17.6 Å². The zero-order chi connectivity index (χ0) is 16.8. The van der Waals surface area contributed by atoms with Gasteiger partial charge in [-0.15, -0.1) is 11.3 Å². The lowest BCUT2D eigenvalue weighted by Crippen LogP contribution is -2.32. The number of aryl methyl sites for hydroxylation is 1. The van der Waals surface area contributed by atoms with Gasteiger partial charge in [-0.2, -0.15) is 0 Å². The van der Waals surface area contributed by atoms with E-state index in [4.69, 9.17) is 0 Å².